The van der Waals surface area contributed by atoms with Gasteiger partial charge >= 0.3 is 5.97 Å². The first-order valence-corrected chi connectivity index (χ1v) is 6.87. The minimum absolute atomic E-state index is 0.103. The van der Waals surface area contributed by atoms with Crippen molar-refractivity contribution in [3.05, 3.63) is 11.6 Å². The molecule has 17 heavy (non-hydrogen) atoms. The number of carbonyl (C=O) groups excluding carboxylic acids is 1. The van der Waals surface area contributed by atoms with Gasteiger partial charge in [0.05, 0.1) is 0 Å². The van der Waals surface area contributed by atoms with Gasteiger partial charge in [-0.2, -0.15) is 0 Å². The Kier molecular flexibility index (Phi) is 2.39. The molecule has 3 rings (SSSR count). The Hall–Kier alpha value is -0.790. The van der Waals surface area contributed by atoms with Crippen molar-refractivity contribution in [1.82, 2.24) is 0 Å². The maximum absolute atomic E-state index is 11.3. The van der Waals surface area contributed by atoms with Gasteiger partial charge in [-0.1, -0.05) is 18.6 Å². The number of ether oxygens (including phenoxy) is 1. The van der Waals surface area contributed by atoms with Crippen LogP contribution >= 0.6 is 0 Å². The molecule has 0 amide bonds. The van der Waals surface area contributed by atoms with Gasteiger partial charge in [-0.15, -0.1) is 0 Å². The molecule has 2 saturated carbocycles. The van der Waals surface area contributed by atoms with E-state index in [4.69, 9.17) is 4.74 Å². The van der Waals surface area contributed by atoms with E-state index < -0.39 is 0 Å². The highest BCUT2D eigenvalue weighted by atomic mass is 16.5. The van der Waals surface area contributed by atoms with Gasteiger partial charge in [0.2, 0.25) is 0 Å². The maximum Gasteiger partial charge on any atom is 0.302 e. The normalized spacial score (nSPS) is 47.6. The van der Waals surface area contributed by atoms with Crippen LogP contribution in [0.25, 0.3) is 0 Å². The van der Waals surface area contributed by atoms with Crippen molar-refractivity contribution in [2.24, 2.45) is 23.2 Å². The van der Waals surface area contributed by atoms with E-state index in [2.05, 4.69) is 19.9 Å². The molecule has 0 N–H and O–H groups in total. The van der Waals surface area contributed by atoms with Crippen LogP contribution < -0.4 is 0 Å². The summed E-state index contributed by atoms with van der Waals surface area (Å²) < 4.78 is 5.68. The van der Waals surface area contributed by atoms with Gasteiger partial charge in [0.25, 0.3) is 0 Å². The fraction of sp³-hybridized carbons (Fsp3) is 0.800. The van der Waals surface area contributed by atoms with Crippen LogP contribution in [0.1, 0.15) is 46.5 Å². The summed E-state index contributed by atoms with van der Waals surface area (Å²) in [6, 6.07) is 0. The summed E-state index contributed by atoms with van der Waals surface area (Å²) in [6.45, 7) is 6.08. The van der Waals surface area contributed by atoms with Crippen molar-refractivity contribution >= 4 is 5.97 Å². The third-order valence-corrected chi connectivity index (χ3v) is 5.58. The van der Waals surface area contributed by atoms with Crippen LogP contribution in [0.3, 0.4) is 0 Å². The lowest BCUT2D eigenvalue weighted by atomic mass is 9.68. The highest BCUT2D eigenvalue weighted by Gasteiger charge is 2.64. The van der Waals surface area contributed by atoms with E-state index in [9.17, 15) is 4.79 Å². The Balaban J connectivity index is 1.95. The van der Waals surface area contributed by atoms with Crippen LogP contribution in [-0.4, -0.2) is 12.1 Å². The first-order chi connectivity index (χ1) is 8.04. The van der Waals surface area contributed by atoms with Gasteiger partial charge in [0, 0.05) is 12.3 Å². The molecule has 0 heterocycles. The topological polar surface area (TPSA) is 26.3 Å². The Bertz CT molecular complexity index is 384. The molecule has 0 saturated heterocycles. The lowest BCUT2D eigenvalue weighted by molar-refractivity contribution is -0.157. The average molecular weight is 234 g/mol. The molecule has 0 radical (unpaired) electrons. The average Bonchev–Trinajstić information content (AvgIpc) is 2.72. The van der Waals surface area contributed by atoms with Crippen molar-refractivity contribution in [2.75, 3.05) is 0 Å². The number of allylic oxidation sites excluding steroid dienone is 2. The second kappa shape index (κ2) is 3.60. The molecule has 94 valence electrons. The van der Waals surface area contributed by atoms with E-state index in [-0.39, 0.29) is 17.5 Å². The molecule has 0 aromatic heterocycles. The summed E-state index contributed by atoms with van der Waals surface area (Å²) in [7, 11) is 0. The molecule has 0 aliphatic heterocycles. The maximum atomic E-state index is 11.3. The number of carbonyl (C=O) groups is 1. The van der Waals surface area contributed by atoms with Crippen molar-refractivity contribution in [1.29, 1.82) is 0 Å². The molecule has 0 aromatic rings. The number of hydrogen-bond donors (Lipinski definition) is 0. The third-order valence-electron chi connectivity index (χ3n) is 5.58. The van der Waals surface area contributed by atoms with E-state index >= 15 is 0 Å². The fourth-order valence-corrected chi connectivity index (χ4v) is 4.90. The minimum Gasteiger partial charge on any atom is -0.462 e. The Morgan fingerprint density at radius 2 is 2.29 bits per heavy atom. The van der Waals surface area contributed by atoms with Gasteiger partial charge < -0.3 is 4.74 Å². The largest absolute Gasteiger partial charge is 0.462 e. The zero-order chi connectivity index (χ0) is 12.2. The number of rotatable bonds is 1. The van der Waals surface area contributed by atoms with E-state index in [1.54, 1.807) is 6.92 Å². The quantitative estimate of drug-likeness (QED) is 0.514. The summed E-state index contributed by atoms with van der Waals surface area (Å²) in [5.74, 6) is 2.00. The smallest absolute Gasteiger partial charge is 0.302 e. The predicted octanol–water partition coefficient (Wildman–Crippen LogP) is 3.32. The van der Waals surface area contributed by atoms with Crippen LogP contribution in [0, 0.1) is 23.2 Å². The van der Waals surface area contributed by atoms with Gasteiger partial charge in [-0.05, 0) is 50.4 Å². The predicted molar refractivity (Wildman–Crippen MR) is 66.4 cm³/mol. The third kappa shape index (κ3) is 1.42. The van der Waals surface area contributed by atoms with Crippen molar-refractivity contribution in [3.63, 3.8) is 0 Å². The summed E-state index contributed by atoms with van der Waals surface area (Å²) in [5, 5.41) is 0. The summed E-state index contributed by atoms with van der Waals surface area (Å²) in [4.78, 5) is 11.3. The standard InChI is InChI=1S/C15H22O2/c1-9-4-6-15-7-5-12(13(15)8-9)10(2)14(15)17-11(3)16/h4,10,12-14H,5-8H2,1-3H3/t10-,12-,13+,14+,15-/m0/s1. The molecule has 0 aromatic carbocycles. The lowest BCUT2D eigenvalue weighted by Gasteiger charge is -2.40. The second-order valence-corrected chi connectivity index (χ2v) is 6.39. The first-order valence-electron chi connectivity index (χ1n) is 6.87. The van der Waals surface area contributed by atoms with E-state index in [1.165, 1.54) is 24.8 Å². The zero-order valence-electron chi connectivity index (χ0n) is 11.0. The Morgan fingerprint density at radius 3 is 3.00 bits per heavy atom. The van der Waals surface area contributed by atoms with E-state index in [1.807, 2.05) is 0 Å². The highest BCUT2D eigenvalue weighted by Crippen LogP contribution is 2.66. The van der Waals surface area contributed by atoms with Crippen molar-refractivity contribution in [3.8, 4) is 0 Å². The highest BCUT2D eigenvalue weighted by molar-refractivity contribution is 5.66. The van der Waals surface area contributed by atoms with Gasteiger partial charge in [0.15, 0.2) is 0 Å². The first kappa shape index (κ1) is 11.3. The van der Waals surface area contributed by atoms with Crippen molar-refractivity contribution < 1.29 is 9.53 Å². The molecule has 2 nitrogen and oxygen atoms in total. The Morgan fingerprint density at radius 1 is 1.53 bits per heavy atom. The molecular weight excluding hydrogens is 212 g/mol. The van der Waals surface area contributed by atoms with Crippen LogP contribution in [0.5, 0.6) is 0 Å². The lowest BCUT2D eigenvalue weighted by Crippen LogP contribution is -2.41. The zero-order valence-corrected chi connectivity index (χ0v) is 11.0. The minimum atomic E-state index is -0.103. The molecule has 2 bridgehead atoms. The number of esters is 1. The molecule has 3 aliphatic rings. The summed E-state index contributed by atoms with van der Waals surface area (Å²) in [6.07, 6.45) is 7.51. The molecule has 0 spiro atoms. The van der Waals surface area contributed by atoms with Crippen LogP contribution in [0.15, 0.2) is 11.6 Å². The summed E-state index contributed by atoms with van der Waals surface area (Å²) in [5.41, 5.74) is 1.82. The van der Waals surface area contributed by atoms with Crippen LogP contribution in [0.2, 0.25) is 0 Å². The molecular formula is C15H22O2. The molecule has 0 unspecified atom stereocenters. The van der Waals surface area contributed by atoms with Crippen LogP contribution in [0.4, 0.5) is 0 Å². The van der Waals surface area contributed by atoms with E-state index in [0.29, 0.717) is 5.92 Å². The Labute approximate surface area is 103 Å². The van der Waals surface area contributed by atoms with Gasteiger partial charge in [-0.3, -0.25) is 4.79 Å². The number of hydrogen-bond acceptors (Lipinski definition) is 2. The second-order valence-electron chi connectivity index (χ2n) is 6.39. The van der Waals surface area contributed by atoms with Gasteiger partial charge in [-0.25, -0.2) is 0 Å². The fourth-order valence-electron chi connectivity index (χ4n) is 4.90. The summed E-state index contributed by atoms with van der Waals surface area (Å²) >= 11 is 0. The molecule has 3 aliphatic carbocycles. The monoisotopic (exact) mass is 234 g/mol. The van der Waals surface area contributed by atoms with Crippen LogP contribution in [-0.2, 0) is 9.53 Å². The molecule has 2 heteroatoms. The van der Waals surface area contributed by atoms with Gasteiger partial charge in [0.1, 0.15) is 6.10 Å². The van der Waals surface area contributed by atoms with Crippen molar-refractivity contribution in [2.45, 2.75) is 52.6 Å². The molecule has 5 atom stereocenters. The molecule has 2 fully saturated rings. The van der Waals surface area contributed by atoms with E-state index in [0.717, 1.165) is 18.3 Å². The SMILES string of the molecule is CC(=O)O[C@@H]1[C@@H](C)[C@@H]2CC[C@]13CC=C(C)C[C@H]23.